The lowest BCUT2D eigenvalue weighted by atomic mass is 9.76. The molecular weight excluding hydrogens is 625 g/mol. The Bertz CT molecular complexity index is 2750. The molecule has 0 bridgehead atoms. The molecule has 3 aliphatic rings. The van der Waals surface area contributed by atoms with E-state index in [-0.39, 0.29) is 10.8 Å². The van der Waals surface area contributed by atoms with Gasteiger partial charge in [0.1, 0.15) is 0 Å². The molecular formula is C52H40. The van der Waals surface area contributed by atoms with Crippen molar-refractivity contribution in [2.24, 2.45) is 0 Å². The van der Waals surface area contributed by atoms with Gasteiger partial charge < -0.3 is 0 Å². The molecule has 3 aliphatic carbocycles. The predicted molar refractivity (Wildman–Crippen MR) is 220 cm³/mol. The maximum atomic E-state index is 2.58. The first-order chi connectivity index (χ1) is 25.5. The highest BCUT2D eigenvalue weighted by Crippen LogP contribution is 2.58. The van der Waals surface area contributed by atoms with Gasteiger partial charge in [0.05, 0.1) is 0 Å². The molecule has 0 aromatic heterocycles. The van der Waals surface area contributed by atoms with E-state index in [4.69, 9.17) is 0 Å². The van der Waals surface area contributed by atoms with E-state index in [1.165, 1.54) is 120 Å². The lowest BCUT2D eigenvalue weighted by Crippen LogP contribution is -2.20. The normalized spacial score (nSPS) is 15.9. The molecule has 0 amide bonds. The fourth-order valence-electron chi connectivity index (χ4n) is 10.6. The zero-order valence-electron chi connectivity index (χ0n) is 29.8. The van der Waals surface area contributed by atoms with E-state index in [1.54, 1.807) is 5.56 Å². The smallest absolute Gasteiger partial charge is 0.0215 e. The van der Waals surface area contributed by atoms with Crippen LogP contribution in [-0.2, 0) is 10.8 Å². The van der Waals surface area contributed by atoms with Crippen molar-refractivity contribution in [1.82, 2.24) is 0 Å². The monoisotopic (exact) mass is 664 g/mol. The van der Waals surface area contributed by atoms with E-state index in [2.05, 4.69) is 172 Å². The summed E-state index contributed by atoms with van der Waals surface area (Å²) in [6, 6.07) is 60.1. The largest absolute Gasteiger partial charge is 0.0622 e. The van der Waals surface area contributed by atoms with Gasteiger partial charge in [-0.1, -0.05) is 166 Å². The van der Waals surface area contributed by atoms with Crippen LogP contribution in [0.15, 0.2) is 158 Å². The molecule has 0 atom stereocenters. The highest BCUT2D eigenvalue weighted by molar-refractivity contribution is 6.22. The van der Waals surface area contributed by atoms with Gasteiger partial charge in [-0.2, -0.15) is 0 Å². The van der Waals surface area contributed by atoms with Crippen molar-refractivity contribution in [2.45, 2.75) is 50.4 Å². The second-order valence-electron chi connectivity index (χ2n) is 15.9. The van der Waals surface area contributed by atoms with Gasteiger partial charge in [0.15, 0.2) is 0 Å². The van der Waals surface area contributed by atoms with E-state index < -0.39 is 0 Å². The van der Waals surface area contributed by atoms with Crippen LogP contribution in [0.5, 0.6) is 0 Å². The maximum absolute atomic E-state index is 2.58. The van der Waals surface area contributed by atoms with Gasteiger partial charge in [-0.15, -0.1) is 0 Å². The Hall–Kier alpha value is -5.72. The van der Waals surface area contributed by atoms with Gasteiger partial charge in [-0.3, -0.25) is 0 Å². The zero-order valence-corrected chi connectivity index (χ0v) is 29.8. The molecule has 0 N–H and O–H groups in total. The highest BCUT2D eigenvalue weighted by atomic mass is 14.5. The van der Waals surface area contributed by atoms with Gasteiger partial charge >= 0.3 is 0 Å². The lowest BCUT2D eigenvalue weighted by Gasteiger charge is -2.27. The van der Waals surface area contributed by atoms with Crippen LogP contribution in [0.3, 0.4) is 0 Å². The van der Waals surface area contributed by atoms with Crippen molar-refractivity contribution in [3.8, 4) is 55.6 Å². The molecule has 0 heterocycles. The van der Waals surface area contributed by atoms with Crippen LogP contribution in [0.25, 0.3) is 77.2 Å². The third-order valence-corrected chi connectivity index (χ3v) is 13.0. The average Bonchev–Trinajstić information content (AvgIpc) is 3.86. The van der Waals surface area contributed by atoms with Crippen LogP contribution in [0.4, 0.5) is 0 Å². The van der Waals surface area contributed by atoms with Gasteiger partial charge in [0.2, 0.25) is 0 Å². The standard InChI is InChI=1S/C52H40/c1-51(2)45-20-10-8-17-38(45)43-31-35(24-27-46(43)51)50-41-19-7-6-18-40(41)49(42-26-22-34(30-44(42)50)33-14-4-3-5-15-33)36-23-25-39-37-16-9-11-21-47(37)52(48(39)32-36)28-12-13-29-52/h3-11,14-27,30-32H,12-13,28-29H2,1-2H3. The molecule has 1 fully saturated rings. The van der Waals surface area contributed by atoms with Crippen LogP contribution in [0.2, 0.25) is 0 Å². The Kier molecular flexibility index (Phi) is 6.28. The van der Waals surface area contributed by atoms with Crippen LogP contribution in [-0.4, -0.2) is 0 Å². The van der Waals surface area contributed by atoms with E-state index in [0.717, 1.165) is 0 Å². The first-order valence-corrected chi connectivity index (χ1v) is 19.1. The number of hydrogen-bond acceptors (Lipinski definition) is 0. The lowest BCUT2D eigenvalue weighted by molar-refractivity contribution is 0.550. The first-order valence-electron chi connectivity index (χ1n) is 19.1. The van der Waals surface area contributed by atoms with Crippen LogP contribution in [0.1, 0.15) is 61.8 Å². The predicted octanol–water partition coefficient (Wildman–Crippen LogP) is 14.1. The molecule has 0 heteroatoms. The molecule has 8 aromatic carbocycles. The van der Waals surface area contributed by atoms with Gasteiger partial charge in [0, 0.05) is 10.8 Å². The zero-order chi connectivity index (χ0) is 34.6. The molecule has 248 valence electrons. The summed E-state index contributed by atoms with van der Waals surface area (Å²) >= 11 is 0. The summed E-state index contributed by atoms with van der Waals surface area (Å²) in [5.74, 6) is 0. The fraction of sp³-hybridized carbons (Fsp3) is 0.154. The number of hydrogen-bond donors (Lipinski definition) is 0. The topological polar surface area (TPSA) is 0 Å². The Morgan fingerprint density at radius 2 is 0.885 bits per heavy atom. The van der Waals surface area contributed by atoms with Crippen molar-refractivity contribution in [1.29, 1.82) is 0 Å². The van der Waals surface area contributed by atoms with Crippen molar-refractivity contribution in [3.05, 3.63) is 180 Å². The Labute approximate surface area is 306 Å². The van der Waals surface area contributed by atoms with Gasteiger partial charge in [-0.25, -0.2) is 0 Å². The molecule has 0 radical (unpaired) electrons. The van der Waals surface area contributed by atoms with E-state index in [1.807, 2.05) is 0 Å². The second-order valence-corrected chi connectivity index (χ2v) is 15.9. The minimum atomic E-state index is -0.0250. The molecule has 8 aromatic rings. The van der Waals surface area contributed by atoms with Crippen molar-refractivity contribution in [3.63, 3.8) is 0 Å². The Morgan fingerprint density at radius 1 is 0.346 bits per heavy atom. The second kappa shape index (κ2) is 10.9. The molecule has 52 heavy (non-hydrogen) atoms. The SMILES string of the molecule is CC1(C)c2ccccc2-c2cc(-c3c4ccccc4c(-c4ccc5c(c4)C4(CCCC4)c4ccccc4-5)c4ccc(-c5ccccc5)cc34)ccc21. The first kappa shape index (κ1) is 30.0. The highest BCUT2D eigenvalue weighted by Gasteiger charge is 2.45. The van der Waals surface area contributed by atoms with E-state index in [9.17, 15) is 0 Å². The Balaban J connectivity index is 1.21. The summed E-state index contributed by atoms with van der Waals surface area (Å²) in [6.45, 7) is 4.74. The summed E-state index contributed by atoms with van der Waals surface area (Å²) in [7, 11) is 0. The summed E-state index contributed by atoms with van der Waals surface area (Å²) in [4.78, 5) is 0. The third kappa shape index (κ3) is 4.04. The number of rotatable bonds is 3. The fourth-order valence-corrected chi connectivity index (χ4v) is 10.6. The molecule has 1 saturated carbocycles. The number of benzene rings is 8. The summed E-state index contributed by atoms with van der Waals surface area (Å²) < 4.78 is 0. The summed E-state index contributed by atoms with van der Waals surface area (Å²) in [5, 5.41) is 5.24. The quantitative estimate of drug-likeness (QED) is 0.165. The van der Waals surface area contributed by atoms with Crippen LogP contribution < -0.4 is 0 Å². The van der Waals surface area contributed by atoms with Gasteiger partial charge in [0.25, 0.3) is 0 Å². The van der Waals surface area contributed by atoms with Gasteiger partial charge in [-0.05, 0) is 130 Å². The average molecular weight is 665 g/mol. The third-order valence-electron chi connectivity index (χ3n) is 13.0. The molecule has 0 unspecified atom stereocenters. The summed E-state index contributed by atoms with van der Waals surface area (Å²) in [5.41, 5.74) is 19.3. The number of fused-ring (bicyclic) bond motifs is 10. The van der Waals surface area contributed by atoms with Crippen molar-refractivity contribution < 1.29 is 0 Å². The van der Waals surface area contributed by atoms with E-state index in [0.29, 0.717) is 0 Å². The summed E-state index contributed by atoms with van der Waals surface area (Å²) in [6.07, 6.45) is 5.06. The van der Waals surface area contributed by atoms with Crippen LogP contribution in [0, 0.1) is 0 Å². The van der Waals surface area contributed by atoms with Crippen molar-refractivity contribution in [2.75, 3.05) is 0 Å². The Morgan fingerprint density at radius 3 is 1.65 bits per heavy atom. The molecule has 1 spiro atoms. The minimum Gasteiger partial charge on any atom is -0.0622 e. The van der Waals surface area contributed by atoms with Crippen LogP contribution >= 0.6 is 0 Å². The molecule has 0 aliphatic heterocycles. The maximum Gasteiger partial charge on any atom is 0.0215 e. The minimum absolute atomic E-state index is 0.0250. The molecule has 0 nitrogen and oxygen atoms in total. The van der Waals surface area contributed by atoms with Crippen molar-refractivity contribution >= 4 is 21.5 Å². The molecule has 0 saturated heterocycles. The molecule has 11 rings (SSSR count). The van der Waals surface area contributed by atoms with E-state index >= 15 is 0 Å².